The number of rotatable bonds is 5. The summed E-state index contributed by atoms with van der Waals surface area (Å²) in [5, 5.41) is 0. The molecule has 0 radical (unpaired) electrons. The van der Waals surface area contributed by atoms with Crippen molar-refractivity contribution in [3.8, 4) is 0 Å². The third-order valence-corrected chi connectivity index (χ3v) is 4.06. The van der Waals surface area contributed by atoms with Crippen LogP contribution in [-0.4, -0.2) is 20.8 Å². The van der Waals surface area contributed by atoms with Crippen LogP contribution in [0.25, 0.3) is 0 Å². The predicted molar refractivity (Wildman–Crippen MR) is 81.0 cm³/mol. The van der Waals surface area contributed by atoms with Crippen LogP contribution in [0.1, 0.15) is 25.3 Å². The predicted octanol–water partition coefficient (Wildman–Crippen LogP) is 3.20. The highest BCUT2D eigenvalue weighted by atomic mass is 32.2. The molecule has 108 valence electrons. The van der Waals surface area contributed by atoms with Gasteiger partial charge in [-0.1, -0.05) is 54.6 Å². The minimum atomic E-state index is -3.43. The van der Waals surface area contributed by atoms with Crippen LogP contribution in [-0.2, 0) is 19.7 Å². The molecule has 1 aromatic carbocycles. The molecule has 20 heavy (non-hydrogen) atoms. The van der Waals surface area contributed by atoms with Gasteiger partial charge in [-0.3, -0.25) is 4.18 Å². The summed E-state index contributed by atoms with van der Waals surface area (Å²) in [6, 6.07) is 10.1. The molecule has 0 heterocycles. The van der Waals surface area contributed by atoms with Gasteiger partial charge in [0.2, 0.25) is 0 Å². The van der Waals surface area contributed by atoms with E-state index in [4.69, 9.17) is 4.18 Å². The summed E-state index contributed by atoms with van der Waals surface area (Å²) in [5.74, 6) is 0. The first-order valence-corrected chi connectivity index (χ1v) is 8.52. The van der Waals surface area contributed by atoms with E-state index in [1.807, 2.05) is 18.2 Å². The smallest absolute Gasteiger partial charge is 0.264 e. The average molecular weight is 292 g/mol. The van der Waals surface area contributed by atoms with Gasteiger partial charge in [-0.15, -0.1) is 0 Å². The fourth-order valence-electron chi connectivity index (χ4n) is 2.69. The molecule has 1 atom stereocenters. The van der Waals surface area contributed by atoms with Gasteiger partial charge in [0.1, 0.15) is 0 Å². The quantitative estimate of drug-likeness (QED) is 0.618. The highest BCUT2D eigenvalue weighted by Crippen LogP contribution is 2.36. The molecule has 0 amide bonds. The molecule has 0 bridgehead atoms. The van der Waals surface area contributed by atoms with Crippen molar-refractivity contribution in [1.29, 1.82) is 0 Å². The molecular weight excluding hydrogens is 272 g/mol. The van der Waals surface area contributed by atoms with E-state index >= 15 is 0 Å². The summed E-state index contributed by atoms with van der Waals surface area (Å²) in [6.07, 6.45) is 10.7. The van der Waals surface area contributed by atoms with Crippen molar-refractivity contribution in [2.45, 2.75) is 31.3 Å². The molecule has 1 aliphatic carbocycles. The van der Waals surface area contributed by atoms with Crippen LogP contribution in [0.5, 0.6) is 0 Å². The second-order valence-corrected chi connectivity index (χ2v) is 6.86. The van der Waals surface area contributed by atoms with Gasteiger partial charge in [-0.25, -0.2) is 0 Å². The maximum atomic E-state index is 11.3. The number of allylic oxidation sites excluding steroid dienone is 4. The summed E-state index contributed by atoms with van der Waals surface area (Å²) in [4.78, 5) is 0. The van der Waals surface area contributed by atoms with Gasteiger partial charge in [0.15, 0.2) is 0 Å². The molecule has 0 fully saturated rings. The van der Waals surface area contributed by atoms with Crippen LogP contribution in [0.3, 0.4) is 0 Å². The zero-order valence-electron chi connectivity index (χ0n) is 11.8. The third kappa shape index (κ3) is 3.81. The zero-order valence-corrected chi connectivity index (χ0v) is 12.6. The summed E-state index contributed by atoms with van der Waals surface area (Å²) in [5.41, 5.74) is 0.861. The average Bonchev–Trinajstić information content (AvgIpc) is 2.38. The maximum absolute atomic E-state index is 11.3. The van der Waals surface area contributed by atoms with Gasteiger partial charge >= 0.3 is 0 Å². The highest BCUT2D eigenvalue weighted by molar-refractivity contribution is 7.86. The Labute approximate surface area is 121 Å². The normalized spacial score (nSPS) is 18.9. The van der Waals surface area contributed by atoms with Crippen molar-refractivity contribution >= 4 is 10.1 Å². The lowest BCUT2D eigenvalue weighted by molar-refractivity contribution is 0.203. The standard InChI is InChI=1S/C16H20O3S/c1-14(19-20(2,17)18)13-16(11-7-4-8-12-16)15-9-5-3-6-10-15/h3,5-12,14H,4,13H2,1-2H3. The van der Waals surface area contributed by atoms with Crippen molar-refractivity contribution in [3.63, 3.8) is 0 Å². The van der Waals surface area contributed by atoms with Crippen LogP contribution in [0.4, 0.5) is 0 Å². The molecule has 0 saturated carbocycles. The first-order valence-electron chi connectivity index (χ1n) is 6.70. The van der Waals surface area contributed by atoms with E-state index in [9.17, 15) is 8.42 Å². The highest BCUT2D eigenvalue weighted by Gasteiger charge is 2.31. The Hall–Kier alpha value is -1.39. The summed E-state index contributed by atoms with van der Waals surface area (Å²) >= 11 is 0. The summed E-state index contributed by atoms with van der Waals surface area (Å²) in [6.45, 7) is 1.79. The van der Waals surface area contributed by atoms with Gasteiger partial charge < -0.3 is 0 Å². The van der Waals surface area contributed by atoms with Crippen LogP contribution in [0.15, 0.2) is 54.6 Å². The third-order valence-electron chi connectivity index (χ3n) is 3.38. The van der Waals surface area contributed by atoms with Gasteiger partial charge in [0.05, 0.1) is 12.4 Å². The van der Waals surface area contributed by atoms with Gasteiger partial charge in [-0.2, -0.15) is 8.42 Å². The molecule has 1 aromatic rings. The fourth-order valence-corrected chi connectivity index (χ4v) is 3.36. The lowest BCUT2D eigenvalue weighted by Crippen LogP contribution is -2.29. The monoisotopic (exact) mass is 292 g/mol. The van der Waals surface area contributed by atoms with Crippen molar-refractivity contribution in [2.24, 2.45) is 0 Å². The fraction of sp³-hybridized carbons (Fsp3) is 0.375. The Balaban J connectivity index is 2.28. The van der Waals surface area contributed by atoms with Crippen molar-refractivity contribution in [2.75, 3.05) is 6.26 Å². The van der Waals surface area contributed by atoms with E-state index in [0.29, 0.717) is 6.42 Å². The number of hydrogen-bond acceptors (Lipinski definition) is 3. The Bertz CT molecular complexity index is 588. The van der Waals surface area contributed by atoms with Crippen molar-refractivity contribution in [1.82, 2.24) is 0 Å². The Morgan fingerprint density at radius 1 is 1.20 bits per heavy atom. The van der Waals surface area contributed by atoms with Crippen LogP contribution >= 0.6 is 0 Å². The van der Waals surface area contributed by atoms with E-state index < -0.39 is 10.1 Å². The first kappa shape index (κ1) is 15.0. The van der Waals surface area contributed by atoms with Gasteiger partial charge in [-0.05, 0) is 25.3 Å². The van der Waals surface area contributed by atoms with Gasteiger partial charge in [0.25, 0.3) is 10.1 Å². The number of benzene rings is 1. The van der Waals surface area contributed by atoms with Crippen molar-refractivity contribution < 1.29 is 12.6 Å². The molecule has 1 aliphatic rings. The Morgan fingerprint density at radius 3 is 2.35 bits per heavy atom. The van der Waals surface area contributed by atoms with E-state index in [1.165, 1.54) is 0 Å². The molecule has 0 aliphatic heterocycles. The maximum Gasteiger partial charge on any atom is 0.264 e. The second-order valence-electron chi connectivity index (χ2n) is 5.26. The van der Waals surface area contributed by atoms with Crippen LogP contribution < -0.4 is 0 Å². The van der Waals surface area contributed by atoms with E-state index in [2.05, 4.69) is 36.4 Å². The second kappa shape index (κ2) is 5.94. The summed E-state index contributed by atoms with van der Waals surface area (Å²) in [7, 11) is -3.43. The van der Waals surface area contributed by atoms with Crippen LogP contribution in [0.2, 0.25) is 0 Å². The minimum Gasteiger partial charge on any atom is -0.267 e. The topological polar surface area (TPSA) is 43.4 Å². The molecule has 2 rings (SSSR count). The molecule has 4 heteroatoms. The first-order chi connectivity index (χ1) is 9.41. The number of hydrogen-bond donors (Lipinski definition) is 0. The molecule has 0 saturated heterocycles. The molecule has 0 spiro atoms. The Morgan fingerprint density at radius 2 is 1.80 bits per heavy atom. The van der Waals surface area contributed by atoms with E-state index in [-0.39, 0.29) is 11.5 Å². The molecule has 1 unspecified atom stereocenters. The largest absolute Gasteiger partial charge is 0.267 e. The summed E-state index contributed by atoms with van der Waals surface area (Å²) < 4.78 is 27.6. The van der Waals surface area contributed by atoms with E-state index in [1.54, 1.807) is 6.92 Å². The van der Waals surface area contributed by atoms with E-state index in [0.717, 1.165) is 18.2 Å². The molecular formula is C16H20O3S. The Kier molecular flexibility index (Phi) is 4.45. The minimum absolute atomic E-state index is 0.288. The van der Waals surface area contributed by atoms with Gasteiger partial charge in [0, 0.05) is 5.41 Å². The molecule has 3 nitrogen and oxygen atoms in total. The molecule has 0 aromatic heterocycles. The lowest BCUT2D eigenvalue weighted by atomic mass is 9.74. The van der Waals surface area contributed by atoms with Crippen molar-refractivity contribution in [3.05, 3.63) is 60.2 Å². The van der Waals surface area contributed by atoms with Crippen LogP contribution in [0, 0.1) is 0 Å². The lowest BCUT2D eigenvalue weighted by Gasteiger charge is -2.32. The zero-order chi connectivity index (χ0) is 14.6. The SMILES string of the molecule is CC(CC1(c2ccccc2)C=CCC=C1)OS(C)(=O)=O. The molecule has 0 N–H and O–H groups in total.